The first-order valence-corrected chi connectivity index (χ1v) is 6.45. The van der Waals surface area contributed by atoms with Crippen LogP contribution in [0.5, 0.6) is 0 Å². The Kier molecular flexibility index (Phi) is 3.76. The van der Waals surface area contributed by atoms with E-state index < -0.39 is 0 Å². The Balaban J connectivity index is 2.73. The molecule has 0 heterocycles. The molecule has 0 aliphatic heterocycles. The van der Waals surface area contributed by atoms with Crippen molar-refractivity contribution in [2.75, 3.05) is 0 Å². The summed E-state index contributed by atoms with van der Waals surface area (Å²) in [5.74, 6) is -0.363. The maximum Gasteiger partial charge on any atom is 0.132 e. The van der Waals surface area contributed by atoms with Gasteiger partial charge in [0.15, 0.2) is 0 Å². The molecule has 0 unspecified atom stereocenters. The van der Waals surface area contributed by atoms with E-state index in [9.17, 15) is 4.39 Å². The Bertz CT molecular complexity index is 562. The molecular weight excluding hydrogens is 326 g/mol. The van der Waals surface area contributed by atoms with Crippen molar-refractivity contribution in [3.63, 3.8) is 0 Å². The largest absolute Gasteiger partial charge is 0.206 e. The molecule has 0 bridgehead atoms. The number of hydrogen-bond acceptors (Lipinski definition) is 0. The molecule has 2 aromatic carbocycles. The first-order valence-electron chi connectivity index (χ1n) is 4.90. The standard InChI is InChI=1S/C13H8BrCl2F/c1-7-5-9(14)8(6-11(7)16)13-10(15)3-2-4-12(13)17/h2-6H,1H3. The number of rotatable bonds is 1. The summed E-state index contributed by atoms with van der Waals surface area (Å²) in [6.45, 7) is 1.89. The fraction of sp³-hybridized carbons (Fsp3) is 0.0769. The van der Waals surface area contributed by atoms with Crippen LogP contribution in [0.2, 0.25) is 10.0 Å². The summed E-state index contributed by atoms with van der Waals surface area (Å²) in [5, 5.41) is 0.952. The molecule has 0 saturated heterocycles. The lowest BCUT2D eigenvalue weighted by Crippen LogP contribution is -1.89. The number of aryl methyl sites for hydroxylation is 1. The molecule has 17 heavy (non-hydrogen) atoms. The van der Waals surface area contributed by atoms with Crippen LogP contribution in [0.3, 0.4) is 0 Å². The van der Waals surface area contributed by atoms with Crippen molar-refractivity contribution >= 4 is 39.1 Å². The molecule has 0 aliphatic carbocycles. The van der Waals surface area contributed by atoms with E-state index in [1.807, 2.05) is 13.0 Å². The lowest BCUT2D eigenvalue weighted by Gasteiger charge is -2.10. The van der Waals surface area contributed by atoms with Gasteiger partial charge < -0.3 is 0 Å². The van der Waals surface area contributed by atoms with Crippen molar-refractivity contribution in [2.24, 2.45) is 0 Å². The number of halogens is 4. The molecule has 0 atom stereocenters. The van der Waals surface area contributed by atoms with E-state index >= 15 is 0 Å². The molecule has 4 heteroatoms. The van der Waals surface area contributed by atoms with E-state index in [2.05, 4.69) is 15.9 Å². The molecule has 0 N–H and O–H groups in total. The summed E-state index contributed by atoms with van der Waals surface area (Å²) in [7, 11) is 0. The molecule has 0 fully saturated rings. The van der Waals surface area contributed by atoms with Crippen molar-refractivity contribution < 1.29 is 4.39 Å². The van der Waals surface area contributed by atoms with Crippen LogP contribution in [0.25, 0.3) is 11.1 Å². The van der Waals surface area contributed by atoms with Gasteiger partial charge in [-0.2, -0.15) is 0 Å². The summed E-state index contributed by atoms with van der Waals surface area (Å²) >= 11 is 15.5. The van der Waals surface area contributed by atoms with Crippen LogP contribution in [0.15, 0.2) is 34.8 Å². The van der Waals surface area contributed by atoms with E-state index in [1.54, 1.807) is 18.2 Å². The van der Waals surface area contributed by atoms with Crippen LogP contribution < -0.4 is 0 Å². The van der Waals surface area contributed by atoms with E-state index in [-0.39, 0.29) is 5.82 Å². The smallest absolute Gasteiger partial charge is 0.132 e. The van der Waals surface area contributed by atoms with Crippen molar-refractivity contribution in [3.05, 3.63) is 56.2 Å². The summed E-state index contributed by atoms with van der Waals surface area (Å²) < 4.78 is 14.6. The van der Waals surface area contributed by atoms with Crippen LogP contribution in [0, 0.1) is 12.7 Å². The third kappa shape index (κ3) is 2.49. The molecule has 0 aliphatic rings. The third-order valence-electron chi connectivity index (χ3n) is 2.48. The molecule has 2 rings (SSSR count). The van der Waals surface area contributed by atoms with Crippen molar-refractivity contribution in [1.29, 1.82) is 0 Å². The topological polar surface area (TPSA) is 0 Å². The van der Waals surface area contributed by atoms with Gasteiger partial charge in [-0.3, -0.25) is 0 Å². The third-order valence-corrected chi connectivity index (χ3v) is 3.86. The highest BCUT2D eigenvalue weighted by Gasteiger charge is 2.14. The Labute approximate surface area is 117 Å². The van der Waals surface area contributed by atoms with Gasteiger partial charge in [-0.25, -0.2) is 4.39 Å². The van der Waals surface area contributed by atoms with Gasteiger partial charge in [0.05, 0.1) is 5.02 Å². The zero-order chi connectivity index (χ0) is 12.6. The number of hydrogen-bond donors (Lipinski definition) is 0. The second-order valence-electron chi connectivity index (χ2n) is 3.68. The van der Waals surface area contributed by atoms with Gasteiger partial charge in [-0.1, -0.05) is 45.2 Å². The maximum absolute atomic E-state index is 13.8. The normalized spacial score (nSPS) is 10.6. The van der Waals surface area contributed by atoms with Crippen LogP contribution >= 0.6 is 39.1 Å². The highest BCUT2D eigenvalue weighted by Crippen LogP contribution is 2.38. The van der Waals surface area contributed by atoms with E-state index in [0.717, 1.165) is 10.0 Å². The van der Waals surface area contributed by atoms with Crippen molar-refractivity contribution in [2.45, 2.75) is 6.92 Å². The van der Waals surface area contributed by atoms with Crippen LogP contribution in [-0.4, -0.2) is 0 Å². The molecule has 0 amide bonds. The predicted molar refractivity (Wildman–Crippen MR) is 74.3 cm³/mol. The molecule has 0 nitrogen and oxygen atoms in total. The molecule has 88 valence electrons. The van der Waals surface area contributed by atoms with Crippen molar-refractivity contribution in [3.8, 4) is 11.1 Å². The van der Waals surface area contributed by atoms with Crippen LogP contribution in [0.4, 0.5) is 4.39 Å². The minimum atomic E-state index is -0.363. The second-order valence-corrected chi connectivity index (χ2v) is 5.35. The summed E-state index contributed by atoms with van der Waals surface area (Å²) in [6.07, 6.45) is 0. The Hall–Kier alpha value is -0.570. The zero-order valence-corrected chi connectivity index (χ0v) is 12.0. The lowest BCUT2D eigenvalue weighted by atomic mass is 10.0. The predicted octanol–water partition coefficient (Wildman–Crippen LogP) is 5.87. The molecule has 2 aromatic rings. The molecule has 0 spiro atoms. The Morgan fingerprint density at radius 2 is 1.82 bits per heavy atom. The fourth-order valence-electron chi connectivity index (χ4n) is 1.59. The molecule has 0 saturated carbocycles. The fourth-order valence-corrected chi connectivity index (χ4v) is 2.68. The van der Waals surface area contributed by atoms with Gasteiger partial charge in [0.1, 0.15) is 5.82 Å². The minimum Gasteiger partial charge on any atom is -0.206 e. The minimum absolute atomic E-state index is 0.363. The quantitative estimate of drug-likeness (QED) is 0.612. The number of benzene rings is 2. The van der Waals surface area contributed by atoms with Crippen LogP contribution in [0.1, 0.15) is 5.56 Å². The maximum atomic E-state index is 13.8. The van der Waals surface area contributed by atoms with Crippen LogP contribution in [-0.2, 0) is 0 Å². The van der Waals surface area contributed by atoms with Gasteiger partial charge in [0.2, 0.25) is 0 Å². The average molecular weight is 334 g/mol. The van der Waals surface area contributed by atoms with E-state index in [1.165, 1.54) is 6.07 Å². The lowest BCUT2D eigenvalue weighted by molar-refractivity contribution is 0.631. The van der Waals surface area contributed by atoms with Crippen molar-refractivity contribution in [1.82, 2.24) is 0 Å². The molecule has 0 aromatic heterocycles. The van der Waals surface area contributed by atoms with E-state index in [4.69, 9.17) is 23.2 Å². The SMILES string of the molecule is Cc1cc(Br)c(-c2c(F)cccc2Cl)cc1Cl. The average Bonchev–Trinajstić information content (AvgIpc) is 2.25. The molecule has 0 radical (unpaired) electrons. The van der Waals surface area contributed by atoms with Gasteiger partial charge in [-0.05, 0) is 36.8 Å². The second kappa shape index (κ2) is 4.97. The highest BCUT2D eigenvalue weighted by molar-refractivity contribution is 9.10. The van der Waals surface area contributed by atoms with Gasteiger partial charge in [0, 0.05) is 20.6 Å². The summed E-state index contributed by atoms with van der Waals surface area (Å²) in [5.41, 5.74) is 1.95. The van der Waals surface area contributed by atoms with Gasteiger partial charge in [0.25, 0.3) is 0 Å². The van der Waals surface area contributed by atoms with Gasteiger partial charge >= 0.3 is 0 Å². The highest BCUT2D eigenvalue weighted by atomic mass is 79.9. The molecular formula is C13H8BrCl2F. The summed E-state index contributed by atoms with van der Waals surface area (Å²) in [4.78, 5) is 0. The summed E-state index contributed by atoms with van der Waals surface area (Å²) in [6, 6.07) is 8.16. The Morgan fingerprint density at radius 1 is 1.12 bits per heavy atom. The van der Waals surface area contributed by atoms with E-state index in [0.29, 0.717) is 21.2 Å². The first kappa shape index (κ1) is 12.9. The first-order chi connectivity index (χ1) is 8.00. The Morgan fingerprint density at radius 3 is 2.47 bits per heavy atom. The zero-order valence-electron chi connectivity index (χ0n) is 8.90. The monoisotopic (exact) mass is 332 g/mol. The van der Waals surface area contributed by atoms with Gasteiger partial charge in [-0.15, -0.1) is 0 Å².